The average Bonchev–Trinajstić information content (AvgIpc) is 2.55. The first-order valence-electron chi connectivity index (χ1n) is 4.93. The highest BCUT2D eigenvalue weighted by Crippen LogP contribution is 2.08. The summed E-state index contributed by atoms with van der Waals surface area (Å²) in [6.07, 6.45) is 3.28. The quantitative estimate of drug-likeness (QED) is 0.702. The molecule has 1 amide bonds. The van der Waals surface area contributed by atoms with Crippen LogP contribution in [0.2, 0.25) is 0 Å². The van der Waals surface area contributed by atoms with E-state index >= 15 is 0 Å². The van der Waals surface area contributed by atoms with Gasteiger partial charge >= 0.3 is 0 Å². The minimum atomic E-state index is -0.0123. The van der Waals surface area contributed by atoms with Gasteiger partial charge in [0, 0.05) is 12.5 Å². The third-order valence-corrected chi connectivity index (χ3v) is 2.13. The maximum Gasteiger partial charge on any atom is 0.247 e. The second kappa shape index (κ2) is 5.19. The van der Waals surface area contributed by atoms with Crippen LogP contribution in [0.1, 0.15) is 32.6 Å². The smallest absolute Gasteiger partial charge is 0.247 e. The SMILES string of the molecule is CCCC(N)CC(=O)N1CCCO1. The molecule has 13 heavy (non-hydrogen) atoms. The molecule has 0 aromatic heterocycles. The molecule has 0 bridgehead atoms. The lowest BCUT2D eigenvalue weighted by molar-refractivity contribution is -0.169. The Morgan fingerprint density at radius 3 is 3.00 bits per heavy atom. The number of amides is 1. The molecule has 1 atom stereocenters. The molecule has 0 spiro atoms. The van der Waals surface area contributed by atoms with E-state index in [4.69, 9.17) is 10.6 Å². The summed E-state index contributed by atoms with van der Waals surface area (Å²) in [6, 6.07) is -0.0123. The van der Waals surface area contributed by atoms with E-state index in [0.717, 1.165) is 25.8 Å². The zero-order chi connectivity index (χ0) is 9.68. The first kappa shape index (κ1) is 10.5. The van der Waals surface area contributed by atoms with Crippen LogP contribution in [0.3, 0.4) is 0 Å². The first-order chi connectivity index (χ1) is 6.24. The summed E-state index contributed by atoms with van der Waals surface area (Å²) in [5.41, 5.74) is 5.75. The molecule has 76 valence electrons. The molecule has 1 rings (SSSR count). The van der Waals surface area contributed by atoms with Crippen molar-refractivity contribution < 1.29 is 9.63 Å². The summed E-state index contributed by atoms with van der Waals surface area (Å²) in [6.45, 7) is 3.45. The molecule has 0 aromatic carbocycles. The topological polar surface area (TPSA) is 55.6 Å². The molecule has 1 saturated heterocycles. The van der Waals surface area contributed by atoms with E-state index in [0.29, 0.717) is 13.0 Å². The fraction of sp³-hybridized carbons (Fsp3) is 0.889. The third-order valence-electron chi connectivity index (χ3n) is 2.13. The normalized spacial score (nSPS) is 19.1. The van der Waals surface area contributed by atoms with Crippen LogP contribution in [0, 0.1) is 0 Å². The largest absolute Gasteiger partial charge is 0.327 e. The fourth-order valence-electron chi connectivity index (χ4n) is 1.44. The van der Waals surface area contributed by atoms with Gasteiger partial charge in [-0.1, -0.05) is 13.3 Å². The molecule has 0 aromatic rings. The highest BCUT2D eigenvalue weighted by atomic mass is 16.7. The highest BCUT2D eigenvalue weighted by molar-refractivity contribution is 5.75. The number of carbonyl (C=O) groups excluding carboxylic acids is 1. The van der Waals surface area contributed by atoms with Gasteiger partial charge in [0.1, 0.15) is 0 Å². The predicted molar refractivity (Wildman–Crippen MR) is 49.8 cm³/mol. The molecule has 1 fully saturated rings. The summed E-state index contributed by atoms with van der Waals surface area (Å²) in [5, 5.41) is 1.44. The number of hydrogen-bond donors (Lipinski definition) is 1. The van der Waals surface area contributed by atoms with E-state index in [-0.39, 0.29) is 11.9 Å². The van der Waals surface area contributed by atoms with Gasteiger partial charge in [0.25, 0.3) is 0 Å². The van der Waals surface area contributed by atoms with E-state index in [2.05, 4.69) is 6.92 Å². The minimum Gasteiger partial charge on any atom is -0.327 e. The van der Waals surface area contributed by atoms with Crippen LogP contribution in [-0.4, -0.2) is 30.2 Å². The number of carbonyl (C=O) groups is 1. The molecule has 1 heterocycles. The Morgan fingerprint density at radius 2 is 2.46 bits per heavy atom. The predicted octanol–water partition coefficient (Wildman–Crippen LogP) is 0.668. The van der Waals surface area contributed by atoms with Gasteiger partial charge in [-0.3, -0.25) is 9.63 Å². The molecule has 4 nitrogen and oxygen atoms in total. The van der Waals surface area contributed by atoms with Gasteiger partial charge in [-0.15, -0.1) is 0 Å². The second-order valence-corrected chi connectivity index (χ2v) is 3.44. The summed E-state index contributed by atoms with van der Waals surface area (Å²) >= 11 is 0. The molecule has 0 aliphatic carbocycles. The number of nitrogens with zero attached hydrogens (tertiary/aromatic N) is 1. The van der Waals surface area contributed by atoms with Crippen LogP contribution in [0.15, 0.2) is 0 Å². The van der Waals surface area contributed by atoms with Crippen molar-refractivity contribution in [2.75, 3.05) is 13.2 Å². The molecule has 2 N–H and O–H groups in total. The lowest BCUT2D eigenvalue weighted by atomic mass is 10.1. The maximum atomic E-state index is 11.5. The van der Waals surface area contributed by atoms with Crippen molar-refractivity contribution in [2.24, 2.45) is 5.73 Å². The van der Waals surface area contributed by atoms with E-state index in [1.165, 1.54) is 5.06 Å². The Balaban J connectivity index is 2.23. The van der Waals surface area contributed by atoms with E-state index in [1.54, 1.807) is 0 Å². The van der Waals surface area contributed by atoms with Gasteiger partial charge in [0.05, 0.1) is 13.2 Å². The van der Waals surface area contributed by atoms with Gasteiger partial charge in [0.2, 0.25) is 5.91 Å². The second-order valence-electron chi connectivity index (χ2n) is 3.44. The standard InChI is InChI=1S/C9H18N2O2/c1-2-4-8(10)7-9(12)11-5-3-6-13-11/h8H,2-7,10H2,1H3. The van der Waals surface area contributed by atoms with Gasteiger partial charge in [0.15, 0.2) is 0 Å². The van der Waals surface area contributed by atoms with Gasteiger partial charge in [-0.05, 0) is 12.8 Å². The zero-order valence-corrected chi connectivity index (χ0v) is 8.16. The minimum absolute atomic E-state index is 0.0123. The number of rotatable bonds is 4. The average molecular weight is 186 g/mol. The van der Waals surface area contributed by atoms with Crippen molar-refractivity contribution in [1.29, 1.82) is 0 Å². The lowest BCUT2D eigenvalue weighted by Crippen LogP contribution is -2.33. The van der Waals surface area contributed by atoms with Crippen molar-refractivity contribution in [3.63, 3.8) is 0 Å². The lowest BCUT2D eigenvalue weighted by Gasteiger charge is -2.16. The van der Waals surface area contributed by atoms with Gasteiger partial charge in [-0.2, -0.15) is 0 Å². The van der Waals surface area contributed by atoms with E-state index in [1.807, 2.05) is 0 Å². The molecule has 1 unspecified atom stereocenters. The zero-order valence-electron chi connectivity index (χ0n) is 8.16. The molecular weight excluding hydrogens is 168 g/mol. The van der Waals surface area contributed by atoms with E-state index in [9.17, 15) is 4.79 Å². The number of hydroxylamine groups is 2. The Hall–Kier alpha value is -0.610. The van der Waals surface area contributed by atoms with Crippen LogP contribution in [0.4, 0.5) is 0 Å². The third kappa shape index (κ3) is 3.32. The van der Waals surface area contributed by atoms with Crippen LogP contribution >= 0.6 is 0 Å². The van der Waals surface area contributed by atoms with Crippen LogP contribution in [0.5, 0.6) is 0 Å². The van der Waals surface area contributed by atoms with Crippen molar-refractivity contribution >= 4 is 5.91 Å². The molecule has 1 aliphatic heterocycles. The van der Waals surface area contributed by atoms with Crippen molar-refractivity contribution in [1.82, 2.24) is 5.06 Å². The fourth-order valence-corrected chi connectivity index (χ4v) is 1.44. The Bertz CT molecular complexity index is 167. The maximum absolute atomic E-state index is 11.5. The van der Waals surface area contributed by atoms with Crippen LogP contribution < -0.4 is 5.73 Å². The summed E-state index contributed by atoms with van der Waals surface area (Å²) in [7, 11) is 0. The van der Waals surface area contributed by atoms with E-state index < -0.39 is 0 Å². The Morgan fingerprint density at radius 1 is 1.69 bits per heavy atom. The van der Waals surface area contributed by atoms with Crippen LogP contribution in [-0.2, 0) is 9.63 Å². The first-order valence-corrected chi connectivity index (χ1v) is 4.93. The summed E-state index contributed by atoms with van der Waals surface area (Å²) < 4.78 is 0. The molecule has 0 saturated carbocycles. The van der Waals surface area contributed by atoms with Crippen LogP contribution in [0.25, 0.3) is 0 Å². The number of nitrogens with two attached hydrogens (primary N) is 1. The Kier molecular flexibility index (Phi) is 4.18. The van der Waals surface area contributed by atoms with Crippen molar-refractivity contribution in [3.05, 3.63) is 0 Å². The van der Waals surface area contributed by atoms with Crippen molar-refractivity contribution in [3.8, 4) is 0 Å². The van der Waals surface area contributed by atoms with Gasteiger partial charge in [-0.25, -0.2) is 5.06 Å². The van der Waals surface area contributed by atoms with Crippen molar-refractivity contribution in [2.45, 2.75) is 38.6 Å². The molecular formula is C9H18N2O2. The Labute approximate surface area is 79.0 Å². The summed E-state index contributed by atoms with van der Waals surface area (Å²) in [5.74, 6) is 0.0263. The molecule has 4 heteroatoms. The molecule has 0 radical (unpaired) electrons. The highest BCUT2D eigenvalue weighted by Gasteiger charge is 2.20. The summed E-state index contributed by atoms with van der Waals surface area (Å²) in [4.78, 5) is 16.6. The molecule has 1 aliphatic rings. The monoisotopic (exact) mass is 186 g/mol. The number of hydrogen-bond acceptors (Lipinski definition) is 3. The van der Waals surface area contributed by atoms with Gasteiger partial charge < -0.3 is 5.73 Å².